The molecule has 20 heavy (non-hydrogen) atoms. The van der Waals surface area contributed by atoms with Gasteiger partial charge in [-0.2, -0.15) is 0 Å². The molecule has 0 aliphatic rings. The fraction of sp³-hybridized carbons (Fsp3) is 0.0769. The average molecular weight is 268 g/mol. The summed E-state index contributed by atoms with van der Waals surface area (Å²) >= 11 is 0. The zero-order valence-electron chi connectivity index (χ0n) is 10.5. The lowest BCUT2D eigenvalue weighted by molar-refractivity contribution is -0.116. The van der Waals surface area contributed by atoms with E-state index in [1.54, 1.807) is 0 Å². The molecular weight excluding hydrogens is 256 g/mol. The number of hydrogen-bond donors (Lipinski definition) is 1. The predicted molar refractivity (Wildman–Crippen MR) is 72.2 cm³/mol. The monoisotopic (exact) mass is 268 g/mol. The molecule has 3 aromatic rings. The van der Waals surface area contributed by atoms with E-state index in [-0.39, 0.29) is 12.5 Å². The van der Waals surface area contributed by atoms with Crippen LogP contribution in [0.2, 0.25) is 0 Å². The zero-order valence-corrected chi connectivity index (χ0v) is 10.5. The molecule has 0 radical (unpaired) electrons. The summed E-state index contributed by atoms with van der Waals surface area (Å²) < 4.78 is 3.34. The summed E-state index contributed by atoms with van der Waals surface area (Å²) in [5.74, 6) is -0.179. The van der Waals surface area contributed by atoms with Gasteiger partial charge in [-0.25, -0.2) is 4.68 Å². The number of hydrogen-bond acceptors (Lipinski definition) is 4. The van der Waals surface area contributed by atoms with Gasteiger partial charge in [-0.3, -0.25) is 4.79 Å². The summed E-state index contributed by atoms with van der Waals surface area (Å²) in [5.41, 5.74) is 1.71. The van der Waals surface area contributed by atoms with Gasteiger partial charge in [0.25, 0.3) is 0 Å². The van der Waals surface area contributed by atoms with Crippen LogP contribution in [0.3, 0.4) is 0 Å². The van der Waals surface area contributed by atoms with Gasteiger partial charge in [-0.05, 0) is 40.8 Å². The average Bonchev–Trinajstić information content (AvgIpc) is 3.11. The minimum Gasteiger partial charge on any atom is -0.324 e. The van der Waals surface area contributed by atoms with Crippen molar-refractivity contribution in [3.8, 4) is 5.69 Å². The third kappa shape index (κ3) is 2.72. The van der Waals surface area contributed by atoms with E-state index in [2.05, 4.69) is 20.8 Å². The van der Waals surface area contributed by atoms with E-state index in [4.69, 9.17) is 0 Å². The molecule has 2 heterocycles. The molecule has 1 amide bonds. The molecule has 2 aromatic heterocycles. The Kier molecular flexibility index (Phi) is 3.24. The molecule has 0 spiro atoms. The van der Waals surface area contributed by atoms with Crippen molar-refractivity contribution in [1.29, 1.82) is 0 Å². The van der Waals surface area contributed by atoms with Crippen LogP contribution >= 0.6 is 0 Å². The highest BCUT2D eigenvalue weighted by molar-refractivity contribution is 5.90. The number of carbonyl (C=O) groups is 1. The first-order valence-corrected chi connectivity index (χ1v) is 6.05. The summed E-state index contributed by atoms with van der Waals surface area (Å²) in [7, 11) is 0. The molecule has 0 saturated carbocycles. The standard InChI is InChI=1S/C13H12N6O/c20-13(9-19-10-14-16-17-19)15-11-4-3-5-12(8-11)18-6-1-2-7-18/h1-8,10H,9H2,(H,15,20). The van der Waals surface area contributed by atoms with Crippen LogP contribution in [0, 0.1) is 0 Å². The number of carbonyl (C=O) groups excluding carboxylic acids is 1. The number of nitrogens with one attached hydrogen (secondary N) is 1. The molecule has 7 heteroatoms. The van der Waals surface area contributed by atoms with Crippen LogP contribution in [0.5, 0.6) is 0 Å². The van der Waals surface area contributed by atoms with Crippen molar-refractivity contribution in [2.45, 2.75) is 6.54 Å². The molecule has 1 N–H and O–H groups in total. The highest BCUT2D eigenvalue weighted by Crippen LogP contribution is 2.14. The highest BCUT2D eigenvalue weighted by Gasteiger charge is 2.05. The Labute approximate surface area is 114 Å². The van der Waals surface area contributed by atoms with Crippen molar-refractivity contribution in [1.82, 2.24) is 24.8 Å². The van der Waals surface area contributed by atoms with Gasteiger partial charge in [0.05, 0.1) is 0 Å². The van der Waals surface area contributed by atoms with Gasteiger partial charge < -0.3 is 9.88 Å². The summed E-state index contributed by atoms with van der Waals surface area (Å²) in [4.78, 5) is 11.8. The first kappa shape index (κ1) is 12.1. The lowest BCUT2D eigenvalue weighted by Crippen LogP contribution is -2.19. The van der Waals surface area contributed by atoms with Crippen LogP contribution in [0.15, 0.2) is 55.1 Å². The van der Waals surface area contributed by atoms with E-state index in [0.717, 1.165) is 11.4 Å². The van der Waals surface area contributed by atoms with Crippen LogP contribution in [0.1, 0.15) is 0 Å². The Morgan fingerprint density at radius 2 is 2.05 bits per heavy atom. The van der Waals surface area contributed by atoms with E-state index in [1.807, 2.05) is 53.4 Å². The molecule has 0 saturated heterocycles. The third-order valence-corrected chi connectivity index (χ3v) is 2.73. The first-order chi connectivity index (χ1) is 9.81. The second-order valence-corrected chi connectivity index (χ2v) is 4.20. The minimum atomic E-state index is -0.179. The molecule has 0 fully saturated rings. The van der Waals surface area contributed by atoms with E-state index in [9.17, 15) is 4.79 Å². The Morgan fingerprint density at radius 1 is 1.20 bits per heavy atom. The van der Waals surface area contributed by atoms with Gasteiger partial charge in [0.2, 0.25) is 5.91 Å². The van der Waals surface area contributed by atoms with Crippen LogP contribution in [-0.4, -0.2) is 30.7 Å². The summed E-state index contributed by atoms with van der Waals surface area (Å²) in [6.07, 6.45) is 5.29. The minimum absolute atomic E-state index is 0.0841. The zero-order chi connectivity index (χ0) is 13.8. The van der Waals surface area contributed by atoms with Crippen LogP contribution in [0.4, 0.5) is 5.69 Å². The number of tetrazole rings is 1. The van der Waals surface area contributed by atoms with Gasteiger partial charge in [0, 0.05) is 23.8 Å². The molecule has 0 atom stereocenters. The normalized spacial score (nSPS) is 10.4. The second kappa shape index (κ2) is 5.35. The van der Waals surface area contributed by atoms with Crippen molar-refractivity contribution in [2.24, 2.45) is 0 Å². The lowest BCUT2D eigenvalue weighted by atomic mass is 10.2. The summed E-state index contributed by atoms with van der Waals surface area (Å²) in [5, 5.41) is 13.4. The molecule has 0 aliphatic carbocycles. The van der Waals surface area contributed by atoms with E-state index >= 15 is 0 Å². The van der Waals surface area contributed by atoms with Crippen molar-refractivity contribution < 1.29 is 4.79 Å². The molecular formula is C13H12N6O. The van der Waals surface area contributed by atoms with Crippen LogP contribution in [-0.2, 0) is 11.3 Å². The Bertz CT molecular complexity index is 689. The van der Waals surface area contributed by atoms with Crippen molar-refractivity contribution in [3.63, 3.8) is 0 Å². The van der Waals surface area contributed by atoms with Gasteiger partial charge in [-0.1, -0.05) is 6.07 Å². The molecule has 3 rings (SSSR count). The molecule has 0 unspecified atom stereocenters. The molecule has 0 aliphatic heterocycles. The predicted octanol–water partition coefficient (Wildman–Crippen LogP) is 1.10. The SMILES string of the molecule is O=C(Cn1cnnn1)Nc1cccc(-n2cccc2)c1. The van der Waals surface area contributed by atoms with E-state index < -0.39 is 0 Å². The number of nitrogens with zero attached hydrogens (tertiary/aromatic N) is 5. The maximum atomic E-state index is 11.8. The number of anilines is 1. The summed E-state index contributed by atoms with van der Waals surface area (Å²) in [6.45, 7) is 0.0841. The van der Waals surface area contributed by atoms with Gasteiger partial charge in [0.15, 0.2) is 0 Å². The Morgan fingerprint density at radius 3 is 2.80 bits per heavy atom. The smallest absolute Gasteiger partial charge is 0.246 e. The molecule has 100 valence electrons. The number of benzene rings is 1. The summed E-state index contributed by atoms with van der Waals surface area (Å²) in [6, 6.07) is 11.5. The largest absolute Gasteiger partial charge is 0.324 e. The third-order valence-electron chi connectivity index (χ3n) is 2.73. The highest BCUT2D eigenvalue weighted by atomic mass is 16.2. The van der Waals surface area contributed by atoms with Gasteiger partial charge in [-0.15, -0.1) is 5.10 Å². The number of rotatable bonds is 4. The lowest BCUT2D eigenvalue weighted by Gasteiger charge is -2.08. The molecule has 0 bridgehead atoms. The fourth-order valence-electron chi connectivity index (χ4n) is 1.85. The maximum Gasteiger partial charge on any atom is 0.246 e. The van der Waals surface area contributed by atoms with Crippen molar-refractivity contribution >= 4 is 11.6 Å². The first-order valence-electron chi connectivity index (χ1n) is 6.05. The quantitative estimate of drug-likeness (QED) is 0.768. The maximum absolute atomic E-state index is 11.8. The number of aromatic nitrogens is 5. The van der Waals surface area contributed by atoms with Crippen molar-refractivity contribution in [3.05, 3.63) is 55.1 Å². The Balaban J connectivity index is 1.71. The van der Waals surface area contributed by atoms with E-state index in [1.165, 1.54) is 11.0 Å². The molecule has 1 aromatic carbocycles. The van der Waals surface area contributed by atoms with E-state index in [0.29, 0.717) is 0 Å². The fourth-order valence-corrected chi connectivity index (χ4v) is 1.85. The topological polar surface area (TPSA) is 77.6 Å². The van der Waals surface area contributed by atoms with Crippen LogP contribution < -0.4 is 5.32 Å². The van der Waals surface area contributed by atoms with Crippen molar-refractivity contribution in [2.75, 3.05) is 5.32 Å². The Hall–Kier alpha value is -2.96. The number of amides is 1. The second-order valence-electron chi connectivity index (χ2n) is 4.20. The van der Waals surface area contributed by atoms with Crippen LogP contribution in [0.25, 0.3) is 5.69 Å². The molecule has 7 nitrogen and oxygen atoms in total. The van der Waals surface area contributed by atoms with Gasteiger partial charge in [0.1, 0.15) is 12.9 Å². The van der Waals surface area contributed by atoms with Gasteiger partial charge >= 0.3 is 0 Å².